The quantitative estimate of drug-likeness (QED) is 0.501. The van der Waals surface area contributed by atoms with Crippen LogP contribution in [0.25, 0.3) is 32.9 Å². The Kier molecular flexibility index (Phi) is 2.71. The molecule has 5 N–H and O–H groups in total. The molecule has 22 heavy (non-hydrogen) atoms. The molecular formula is C16H12ClN5. The van der Waals surface area contributed by atoms with Gasteiger partial charge in [-0.1, -0.05) is 29.8 Å². The van der Waals surface area contributed by atoms with Crippen LogP contribution >= 0.6 is 11.6 Å². The van der Waals surface area contributed by atoms with E-state index in [0.717, 1.165) is 32.9 Å². The fourth-order valence-corrected chi connectivity index (χ4v) is 3.03. The Bertz CT molecular complexity index is 1020. The van der Waals surface area contributed by atoms with E-state index < -0.39 is 0 Å². The third kappa shape index (κ3) is 1.79. The minimum Gasteiger partial charge on any atom is -0.383 e. The molecule has 0 spiro atoms. The van der Waals surface area contributed by atoms with Gasteiger partial charge in [0.05, 0.1) is 11.0 Å². The molecule has 6 heteroatoms. The van der Waals surface area contributed by atoms with Gasteiger partial charge in [0.2, 0.25) is 0 Å². The molecule has 5 nitrogen and oxygen atoms in total. The van der Waals surface area contributed by atoms with Gasteiger partial charge in [0, 0.05) is 33.1 Å². The van der Waals surface area contributed by atoms with Gasteiger partial charge in [-0.3, -0.25) is 4.98 Å². The molecular weight excluding hydrogens is 298 g/mol. The summed E-state index contributed by atoms with van der Waals surface area (Å²) < 4.78 is 0. The molecule has 0 saturated heterocycles. The highest BCUT2D eigenvalue weighted by Crippen LogP contribution is 2.38. The molecule has 4 aromatic rings. The highest BCUT2D eigenvalue weighted by molar-refractivity contribution is 6.34. The van der Waals surface area contributed by atoms with Crippen molar-refractivity contribution in [2.45, 2.75) is 0 Å². The smallest absolute Gasteiger partial charge is 0.199 e. The number of H-pyrrole nitrogens is 1. The van der Waals surface area contributed by atoms with Crippen LogP contribution in [-0.2, 0) is 0 Å². The topological polar surface area (TPSA) is 93.6 Å². The van der Waals surface area contributed by atoms with Crippen molar-refractivity contribution in [1.82, 2.24) is 15.0 Å². The normalized spacial score (nSPS) is 11.3. The number of fused-ring (bicyclic) bond motifs is 3. The number of aromatic nitrogens is 3. The maximum atomic E-state index is 6.34. The summed E-state index contributed by atoms with van der Waals surface area (Å²) in [4.78, 5) is 11.6. The zero-order valence-electron chi connectivity index (χ0n) is 11.5. The summed E-state index contributed by atoms with van der Waals surface area (Å²) in [5.41, 5.74) is 15.3. The molecule has 4 rings (SSSR count). The van der Waals surface area contributed by atoms with Crippen molar-refractivity contribution < 1.29 is 0 Å². The number of anilines is 2. The number of hydrogen-bond acceptors (Lipinski definition) is 4. The van der Waals surface area contributed by atoms with Crippen molar-refractivity contribution in [2.24, 2.45) is 0 Å². The van der Waals surface area contributed by atoms with Gasteiger partial charge in [-0.2, -0.15) is 4.98 Å². The van der Waals surface area contributed by atoms with Crippen LogP contribution in [0, 0.1) is 0 Å². The van der Waals surface area contributed by atoms with Crippen molar-refractivity contribution in [1.29, 1.82) is 0 Å². The molecule has 0 fully saturated rings. The number of nitrogen functional groups attached to an aromatic ring is 2. The molecule has 2 aromatic carbocycles. The minimum atomic E-state index is 0.272. The maximum absolute atomic E-state index is 6.34. The average molecular weight is 310 g/mol. The fourth-order valence-electron chi connectivity index (χ4n) is 2.79. The first-order valence-electron chi connectivity index (χ1n) is 6.72. The van der Waals surface area contributed by atoms with Crippen LogP contribution in [0.2, 0.25) is 5.02 Å². The first-order valence-corrected chi connectivity index (χ1v) is 7.10. The molecule has 0 radical (unpaired) electrons. The third-order valence-electron chi connectivity index (χ3n) is 3.71. The molecule has 0 saturated carbocycles. The summed E-state index contributed by atoms with van der Waals surface area (Å²) in [6.45, 7) is 0. The van der Waals surface area contributed by atoms with Gasteiger partial charge < -0.3 is 16.5 Å². The Morgan fingerprint density at radius 1 is 1.05 bits per heavy atom. The van der Waals surface area contributed by atoms with Gasteiger partial charge >= 0.3 is 0 Å². The van der Waals surface area contributed by atoms with E-state index >= 15 is 0 Å². The van der Waals surface area contributed by atoms with E-state index in [4.69, 9.17) is 23.1 Å². The van der Waals surface area contributed by atoms with Crippen molar-refractivity contribution >= 4 is 45.2 Å². The van der Waals surface area contributed by atoms with E-state index in [1.807, 2.05) is 36.4 Å². The molecule has 2 aromatic heterocycles. The first-order chi connectivity index (χ1) is 10.6. The molecule has 0 aliphatic carbocycles. The second-order valence-electron chi connectivity index (χ2n) is 5.04. The molecule has 0 atom stereocenters. The number of benzene rings is 2. The van der Waals surface area contributed by atoms with Crippen LogP contribution in [-0.4, -0.2) is 15.0 Å². The molecule has 0 aliphatic heterocycles. The Balaban J connectivity index is 2.19. The maximum Gasteiger partial charge on any atom is 0.199 e. The van der Waals surface area contributed by atoms with E-state index in [9.17, 15) is 0 Å². The van der Waals surface area contributed by atoms with E-state index in [1.165, 1.54) is 0 Å². The van der Waals surface area contributed by atoms with Crippen molar-refractivity contribution in [3.05, 3.63) is 47.6 Å². The highest BCUT2D eigenvalue weighted by Gasteiger charge is 2.15. The van der Waals surface area contributed by atoms with Crippen molar-refractivity contribution in [3.63, 3.8) is 0 Å². The average Bonchev–Trinajstić information content (AvgIpc) is 2.95. The van der Waals surface area contributed by atoms with Crippen molar-refractivity contribution in [2.75, 3.05) is 11.5 Å². The molecule has 0 aliphatic rings. The summed E-state index contributed by atoms with van der Waals surface area (Å²) in [6.07, 6.45) is 1.75. The number of nitrogens with zero attached hydrogens (tertiary/aromatic N) is 2. The molecule has 0 amide bonds. The van der Waals surface area contributed by atoms with E-state index in [0.29, 0.717) is 10.8 Å². The lowest BCUT2D eigenvalue weighted by molar-refractivity contribution is 1.25. The lowest BCUT2D eigenvalue weighted by Gasteiger charge is -2.10. The number of aromatic amines is 1. The van der Waals surface area contributed by atoms with Gasteiger partial charge in [-0.05, 0) is 18.2 Å². The lowest BCUT2D eigenvalue weighted by Crippen LogP contribution is -2.01. The van der Waals surface area contributed by atoms with E-state index in [-0.39, 0.29) is 5.95 Å². The minimum absolute atomic E-state index is 0.272. The van der Waals surface area contributed by atoms with Gasteiger partial charge in [0.15, 0.2) is 5.95 Å². The Labute approximate surface area is 130 Å². The predicted octanol–water partition coefficient (Wildman–Crippen LogP) is 3.60. The number of halogens is 1. The van der Waals surface area contributed by atoms with Gasteiger partial charge in [-0.15, -0.1) is 0 Å². The zero-order valence-corrected chi connectivity index (χ0v) is 12.2. The summed E-state index contributed by atoms with van der Waals surface area (Å²) in [6, 6.07) is 11.5. The monoisotopic (exact) mass is 309 g/mol. The number of nitrogens with two attached hydrogens (primary N) is 2. The number of hydrogen-bond donors (Lipinski definition) is 3. The third-order valence-corrected chi connectivity index (χ3v) is 4.04. The van der Waals surface area contributed by atoms with Gasteiger partial charge in [0.25, 0.3) is 0 Å². The number of nitrogens with one attached hydrogen (secondary N) is 1. The largest absolute Gasteiger partial charge is 0.383 e. The summed E-state index contributed by atoms with van der Waals surface area (Å²) >= 11 is 6.34. The molecule has 2 heterocycles. The van der Waals surface area contributed by atoms with Crippen LogP contribution in [0.4, 0.5) is 11.8 Å². The van der Waals surface area contributed by atoms with Crippen LogP contribution in [0.3, 0.4) is 0 Å². The predicted molar refractivity (Wildman–Crippen MR) is 90.7 cm³/mol. The van der Waals surface area contributed by atoms with E-state index in [2.05, 4.69) is 15.0 Å². The summed E-state index contributed by atoms with van der Waals surface area (Å²) in [5, 5.41) is 2.41. The summed E-state index contributed by atoms with van der Waals surface area (Å²) in [5.74, 6) is 0.656. The van der Waals surface area contributed by atoms with Crippen LogP contribution in [0.15, 0.2) is 42.6 Å². The second-order valence-corrected chi connectivity index (χ2v) is 5.45. The van der Waals surface area contributed by atoms with Crippen molar-refractivity contribution in [3.8, 4) is 11.1 Å². The van der Waals surface area contributed by atoms with Gasteiger partial charge in [0.1, 0.15) is 5.82 Å². The Hall–Kier alpha value is -2.79. The van der Waals surface area contributed by atoms with Crippen LogP contribution < -0.4 is 11.5 Å². The standard InChI is InChI=1S/C16H12ClN5/c17-11-4-2-1-3-8(11)10-7-12-13(9-5-6-20-14(9)10)15(18)22-16(19)21-12/h1-7H,18H2,(H3,19,21,22). The van der Waals surface area contributed by atoms with E-state index in [1.54, 1.807) is 6.20 Å². The molecule has 0 unspecified atom stereocenters. The highest BCUT2D eigenvalue weighted by atomic mass is 35.5. The van der Waals surface area contributed by atoms with Crippen LogP contribution in [0.5, 0.6) is 0 Å². The lowest BCUT2D eigenvalue weighted by atomic mass is 10.00. The second kappa shape index (κ2) is 4.61. The molecule has 108 valence electrons. The SMILES string of the molecule is Nc1nc(N)c2c(cc(-c3ccccc3Cl)c3nccc32)[nH]1. The Morgan fingerprint density at radius 2 is 1.86 bits per heavy atom. The molecule has 0 bridgehead atoms. The van der Waals surface area contributed by atoms with Crippen LogP contribution in [0.1, 0.15) is 0 Å². The first kappa shape index (κ1) is 12.9. The zero-order chi connectivity index (χ0) is 15.3. The van der Waals surface area contributed by atoms with Gasteiger partial charge in [-0.25, -0.2) is 0 Å². The number of rotatable bonds is 1. The summed E-state index contributed by atoms with van der Waals surface area (Å²) in [7, 11) is 0. The fraction of sp³-hybridized carbons (Fsp3) is 0. The Morgan fingerprint density at radius 3 is 2.68 bits per heavy atom.